The summed E-state index contributed by atoms with van der Waals surface area (Å²) in [5.74, 6) is 1.04. The Kier molecular flexibility index (Phi) is 2.00. The van der Waals surface area contributed by atoms with Crippen LogP contribution in [0.5, 0.6) is 0 Å². The molecule has 0 saturated heterocycles. The van der Waals surface area contributed by atoms with Crippen LogP contribution < -0.4 is 5.73 Å². The van der Waals surface area contributed by atoms with Crippen molar-refractivity contribution in [3.05, 3.63) is 29.4 Å². The molecule has 1 aromatic rings. The van der Waals surface area contributed by atoms with Crippen LogP contribution in [0.15, 0.2) is 12.2 Å². The molecular formula is C11H17N3. The maximum Gasteiger partial charge on any atom is 0.105 e. The third kappa shape index (κ3) is 1.20. The number of hydrogen-bond donors (Lipinski definition) is 1. The highest BCUT2D eigenvalue weighted by atomic mass is 15.1. The maximum atomic E-state index is 6.33. The Balaban J connectivity index is 2.46. The number of rotatable bonds is 1. The van der Waals surface area contributed by atoms with E-state index in [1.165, 1.54) is 5.69 Å². The first-order chi connectivity index (χ1) is 6.54. The lowest BCUT2D eigenvalue weighted by Gasteiger charge is -2.22. The lowest BCUT2D eigenvalue weighted by atomic mass is 9.92. The van der Waals surface area contributed by atoms with E-state index in [-0.39, 0.29) is 5.54 Å². The first kappa shape index (κ1) is 9.46. The molecule has 1 aliphatic carbocycles. The Hall–Kier alpha value is -1.09. The summed E-state index contributed by atoms with van der Waals surface area (Å²) in [6.07, 6.45) is 6.10. The minimum Gasteiger partial charge on any atom is -0.335 e. The third-order valence-corrected chi connectivity index (χ3v) is 3.21. The van der Waals surface area contributed by atoms with Gasteiger partial charge in [-0.05, 0) is 26.7 Å². The van der Waals surface area contributed by atoms with E-state index in [0.717, 1.165) is 24.4 Å². The second kappa shape index (κ2) is 2.95. The van der Waals surface area contributed by atoms with Crippen molar-refractivity contribution in [2.24, 2.45) is 12.8 Å². The molecule has 0 atom stereocenters. The van der Waals surface area contributed by atoms with Crippen LogP contribution in [0.3, 0.4) is 0 Å². The minimum absolute atomic E-state index is 0.254. The molecule has 0 saturated carbocycles. The fourth-order valence-electron chi connectivity index (χ4n) is 2.05. The molecule has 0 unspecified atom stereocenters. The molecule has 2 N–H and O–H groups in total. The van der Waals surface area contributed by atoms with Gasteiger partial charge in [0.2, 0.25) is 0 Å². The van der Waals surface area contributed by atoms with E-state index >= 15 is 0 Å². The van der Waals surface area contributed by atoms with E-state index in [0.29, 0.717) is 0 Å². The van der Waals surface area contributed by atoms with Crippen LogP contribution in [0.1, 0.15) is 30.1 Å². The minimum atomic E-state index is -0.254. The smallest absolute Gasteiger partial charge is 0.105 e. The van der Waals surface area contributed by atoms with E-state index in [4.69, 9.17) is 5.73 Å². The summed E-state index contributed by atoms with van der Waals surface area (Å²) in [6, 6.07) is 0. The first-order valence-electron chi connectivity index (χ1n) is 4.99. The second-order valence-electron chi connectivity index (χ2n) is 4.19. The molecule has 1 heterocycles. The number of nitrogens with two attached hydrogens (primary N) is 1. The van der Waals surface area contributed by atoms with Gasteiger partial charge in [-0.15, -0.1) is 0 Å². The van der Waals surface area contributed by atoms with Crippen molar-refractivity contribution >= 4 is 0 Å². The molecule has 1 aliphatic rings. The molecule has 76 valence electrons. The molecule has 0 amide bonds. The Morgan fingerprint density at radius 2 is 1.93 bits per heavy atom. The predicted octanol–water partition coefficient (Wildman–Crippen LogP) is 1.54. The summed E-state index contributed by atoms with van der Waals surface area (Å²) in [4.78, 5) is 4.56. The zero-order chi connectivity index (χ0) is 10.3. The van der Waals surface area contributed by atoms with E-state index in [1.807, 2.05) is 14.0 Å². The highest BCUT2D eigenvalue weighted by Gasteiger charge is 2.32. The highest BCUT2D eigenvalue weighted by molar-refractivity contribution is 5.28. The Labute approximate surface area is 84.6 Å². The number of nitrogens with zero attached hydrogens (tertiary/aromatic N) is 2. The van der Waals surface area contributed by atoms with Gasteiger partial charge in [-0.1, -0.05) is 12.2 Å². The molecule has 0 fully saturated rings. The second-order valence-corrected chi connectivity index (χ2v) is 4.19. The van der Waals surface area contributed by atoms with Crippen LogP contribution in [0, 0.1) is 13.8 Å². The average Bonchev–Trinajstić information content (AvgIpc) is 2.67. The van der Waals surface area contributed by atoms with Crippen LogP contribution in [0.25, 0.3) is 0 Å². The van der Waals surface area contributed by atoms with E-state index in [9.17, 15) is 0 Å². The van der Waals surface area contributed by atoms with Crippen molar-refractivity contribution in [2.75, 3.05) is 0 Å². The van der Waals surface area contributed by atoms with Crippen LogP contribution in [0.2, 0.25) is 0 Å². The number of hydrogen-bond acceptors (Lipinski definition) is 2. The van der Waals surface area contributed by atoms with Gasteiger partial charge in [0.15, 0.2) is 0 Å². The van der Waals surface area contributed by atoms with Gasteiger partial charge in [0, 0.05) is 12.7 Å². The Bertz CT molecular complexity index is 379. The molecule has 0 radical (unpaired) electrons. The summed E-state index contributed by atoms with van der Waals surface area (Å²) in [5.41, 5.74) is 8.32. The third-order valence-electron chi connectivity index (χ3n) is 3.21. The predicted molar refractivity (Wildman–Crippen MR) is 56.9 cm³/mol. The zero-order valence-electron chi connectivity index (χ0n) is 9.04. The van der Waals surface area contributed by atoms with Gasteiger partial charge in [0.05, 0.1) is 11.2 Å². The number of imidazole rings is 1. The summed E-state index contributed by atoms with van der Waals surface area (Å²) in [6.45, 7) is 4.10. The standard InChI is InChI=1S/C11H17N3/c1-8-10(13-9(2)14(8)3)11(12)6-4-5-7-11/h4-5H,6-7,12H2,1-3H3. The summed E-state index contributed by atoms with van der Waals surface area (Å²) in [5, 5.41) is 0. The Morgan fingerprint density at radius 3 is 2.36 bits per heavy atom. The van der Waals surface area contributed by atoms with Crippen molar-refractivity contribution in [3.8, 4) is 0 Å². The largest absolute Gasteiger partial charge is 0.335 e. The van der Waals surface area contributed by atoms with Gasteiger partial charge < -0.3 is 10.3 Å². The molecule has 14 heavy (non-hydrogen) atoms. The molecule has 1 aromatic heterocycles. The molecule has 3 heteroatoms. The molecule has 3 nitrogen and oxygen atoms in total. The molecule has 0 aromatic carbocycles. The van der Waals surface area contributed by atoms with Crippen LogP contribution in [0.4, 0.5) is 0 Å². The van der Waals surface area contributed by atoms with Gasteiger partial charge in [0.1, 0.15) is 5.82 Å². The zero-order valence-corrected chi connectivity index (χ0v) is 9.04. The van der Waals surface area contributed by atoms with E-state index < -0.39 is 0 Å². The van der Waals surface area contributed by atoms with Crippen molar-refractivity contribution in [3.63, 3.8) is 0 Å². The SMILES string of the molecule is Cc1nc(C2(N)CC=CC2)c(C)n1C. The van der Waals surface area contributed by atoms with Gasteiger partial charge in [-0.25, -0.2) is 4.98 Å². The van der Waals surface area contributed by atoms with Gasteiger partial charge in [0.25, 0.3) is 0 Å². The topological polar surface area (TPSA) is 43.8 Å². The van der Waals surface area contributed by atoms with Crippen molar-refractivity contribution in [1.29, 1.82) is 0 Å². The summed E-state index contributed by atoms with van der Waals surface area (Å²) in [7, 11) is 2.03. The number of aromatic nitrogens is 2. The normalized spacial score (nSPS) is 19.1. The molecular weight excluding hydrogens is 174 g/mol. The van der Waals surface area contributed by atoms with Gasteiger partial charge in [-0.2, -0.15) is 0 Å². The molecule has 0 aliphatic heterocycles. The van der Waals surface area contributed by atoms with E-state index in [1.54, 1.807) is 0 Å². The van der Waals surface area contributed by atoms with Crippen molar-refractivity contribution < 1.29 is 0 Å². The highest BCUT2D eigenvalue weighted by Crippen LogP contribution is 2.32. The summed E-state index contributed by atoms with van der Waals surface area (Å²) < 4.78 is 2.10. The van der Waals surface area contributed by atoms with Crippen LogP contribution in [-0.4, -0.2) is 9.55 Å². The van der Waals surface area contributed by atoms with Crippen LogP contribution in [-0.2, 0) is 12.6 Å². The quantitative estimate of drug-likeness (QED) is 0.684. The Morgan fingerprint density at radius 1 is 1.36 bits per heavy atom. The van der Waals surface area contributed by atoms with Crippen molar-refractivity contribution in [1.82, 2.24) is 9.55 Å². The van der Waals surface area contributed by atoms with Crippen molar-refractivity contribution in [2.45, 2.75) is 32.2 Å². The fourth-order valence-corrected chi connectivity index (χ4v) is 2.05. The molecule has 2 rings (SSSR count). The maximum absolute atomic E-state index is 6.33. The lowest BCUT2D eigenvalue weighted by molar-refractivity contribution is 0.463. The van der Waals surface area contributed by atoms with Crippen LogP contribution >= 0.6 is 0 Å². The van der Waals surface area contributed by atoms with Gasteiger partial charge in [-0.3, -0.25) is 0 Å². The first-order valence-corrected chi connectivity index (χ1v) is 4.99. The molecule has 0 bridgehead atoms. The lowest BCUT2D eigenvalue weighted by Crippen LogP contribution is -2.34. The fraction of sp³-hybridized carbons (Fsp3) is 0.545. The van der Waals surface area contributed by atoms with E-state index in [2.05, 4.69) is 28.6 Å². The summed E-state index contributed by atoms with van der Waals surface area (Å²) >= 11 is 0. The molecule has 0 spiro atoms. The number of aryl methyl sites for hydroxylation is 1. The van der Waals surface area contributed by atoms with Gasteiger partial charge >= 0.3 is 0 Å². The average molecular weight is 191 g/mol. The monoisotopic (exact) mass is 191 g/mol.